The summed E-state index contributed by atoms with van der Waals surface area (Å²) < 4.78 is 0. The molecular weight excluding hydrogens is 316 g/mol. The van der Waals surface area contributed by atoms with E-state index in [-0.39, 0.29) is 5.91 Å². The number of nitrogens with one attached hydrogen (secondary N) is 3. The molecule has 1 aliphatic rings. The van der Waals surface area contributed by atoms with Gasteiger partial charge < -0.3 is 5.32 Å². The summed E-state index contributed by atoms with van der Waals surface area (Å²) in [5.41, 5.74) is 6.84. The topological polar surface area (TPSA) is 66.1 Å². The molecule has 0 unspecified atom stereocenters. The molecule has 22 heavy (non-hydrogen) atoms. The maximum absolute atomic E-state index is 12.0. The van der Waals surface area contributed by atoms with Crippen LogP contribution in [0.4, 0.5) is 0 Å². The number of amides is 1. The van der Waals surface area contributed by atoms with E-state index in [0.29, 0.717) is 16.8 Å². The highest BCUT2D eigenvalue weighted by atomic mass is 32.1. The molecule has 1 amide bonds. The lowest BCUT2D eigenvalue weighted by atomic mass is 10.2. The number of nitrogens with zero attached hydrogens (tertiary/aromatic N) is 1. The number of hydrogen-bond donors (Lipinski definition) is 3. The van der Waals surface area contributed by atoms with Gasteiger partial charge in [-0.05, 0) is 30.6 Å². The molecule has 1 saturated carbocycles. The highest BCUT2D eigenvalue weighted by Gasteiger charge is 2.22. The van der Waals surface area contributed by atoms with Crippen LogP contribution in [0.5, 0.6) is 0 Å². The van der Waals surface area contributed by atoms with Crippen molar-refractivity contribution in [1.29, 1.82) is 0 Å². The first-order valence-corrected chi connectivity index (χ1v) is 8.34. The Morgan fingerprint density at radius 2 is 2.05 bits per heavy atom. The molecule has 1 heterocycles. The summed E-state index contributed by atoms with van der Waals surface area (Å²) in [7, 11) is 0. The van der Waals surface area contributed by atoms with E-state index in [4.69, 9.17) is 12.2 Å². The zero-order valence-electron chi connectivity index (χ0n) is 11.8. The van der Waals surface area contributed by atoms with Crippen molar-refractivity contribution in [1.82, 2.24) is 21.2 Å². The van der Waals surface area contributed by atoms with Crippen LogP contribution in [0.2, 0.25) is 0 Å². The van der Waals surface area contributed by atoms with Gasteiger partial charge in [0.05, 0.1) is 5.01 Å². The highest BCUT2D eigenvalue weighted by molar-refractivity contribution is 7.80. The zero-order valence-corrected chi connectivity index (χ0v) is 13.5. The van der Waals surface area contributed by atoms with Gasteiger partial charge in [0.1, 0.15) is 5.69 Å². The molecule has 3 rings (SSSR count). The molecule has 0 radical (unpaired) electrons. The van der Waals surface area contributed by atoms with Crippen LogP contribution < -0.4 is 16.2 Å². The minimum absolute atomic E-state index is 0.282. The van der Waals surface area contributed by atoms with E-state index >= 15 is 0 Å². The van der Waals surface area contributed by atoms with Crippen LogP contribution in [0.1, 0.15) is 33.9 Å². The van der Waals surface area contributed by atoms with Crippen molar-refractivity contribution in [2.75, 3.05) is 0 Å². The van der Waals surface area contributed by atoms with Crippen molar-refractivity contribution < 1.29 is 4.79 Å². The predicted molar refractivity (Wildman–Crippen MR) is 90.7 cm³/mol. The summed E-state index contributed by atoms with van der Waals surface area (Å²) in [5.74, 6) is -0.282. The third-order valence-corrected chi connectivity index (χ3v) is 4.25. The Kier molecular flexibility index (Phi) is 4.65. The second kappa shape index (κ2) is 6.85. The molecule has 1 aromatic heterocycles. The molecule has 1 aliphatic carbocycles. The second-order valence-corrected chi connectivity index (χ2v) is 6.47. The summed E-state index contributed by atoms with van der Waals surface area (Å²) >= 11 is 6.56. The van der Waals surface area contributed by atoms with Crippen LogP contribution in [0.15, 0.2) is 35.7 Å². The van der Waals surface area contributed by atoms with Gasteiger partial charge in [-0.1, -0.05) is 30.3 Å². The van der Waals surface area contributed by atoms with Crippen molar-refractivity contribution in [3.05, 3.63) is 52.0 Å². The Morgan fingerprint density at radius 3 is 2.77 bits per heavy atom. The van der Waals surface area contributed by atoms with Crippen LogP contribution in [0.3, 0.4) is 0 Å². The van der Waals surface area contributed by atoms with Crippen molar-refractivity contribution in [2.24, 2.45) is 0 Å². The Morgan fingerprint density at radius 1 is 1.27 bits per heavy atom. The minimum Gasteiger partial charge on any atom is -0.359 e. The number of hydrogen-bond acceptors (Lipinski definition) is 4. The fourth-order valence-corrected chi connectivity index (χ4v) is 2.92. The molecule has 7 heteroatoms. The van der Waals surface area contributed by atoms with Gasteiger partial charge >= 0.3 is 0 Å². The minimum atomic E-state index is -0.282. The molecule has 5 nitrogen and oxygen atoms in total. The van der Waals surface area contributed by atoms with E-state index in [2.05, 4.69) is 21.2 Å². The van der Waals surface area contributed by atoms with E-state index in [0.717, 1.165) is 24.3 Å². The lowest BCUT2D eigenvalue weighted by Crippen LogP contribution is -2.47. The Balaban J connectivity index is 1.51. The number of carbonyl (C=O) groups is 1. The molecule has 1 fully saturated rings. The Bertz CT molecular complexity index is 667. The predicted octanol–water partition coefficient (Wildman–Crippen LogP) is 2.01. The van der Waals surface area contributed by atoms with Crippen molar-refractivity contribution >= 4 is 34.6 Å². The largest absolute Gasteiger partial charge is 0.359 e. The summed E-state index contributed by atoms with van der Waals surface area (Å²) in [4.78, 5) is 16.4. The van der Waals surface area contributed by atoms with Gasteiger partial charge in [0.25, 0.3) is 5.91 Å². The van der Waals surface area contributed by atoms with Crippen molar-refractivity contribution in [3.63, 3.8) is 0 Å². The van der Waals surface area contributed by atoms with Gasteiger partial charge in [-0.3, -0.25) is 15.6 Å². The monoisotopic (exact) mass is 332 g/mol. The van der Waals surface area contributed by atoms with Gasteiger partial charge in [-0.15, -0.1) is 11.3 Å². The summed E-state index contributed by atoms with van der Waals surface area (Å²) in [5, 5.41) is 6.20. The normalized spacial score (nSPS) is 13.5. The average molecular weight is 332 g/mol. The zero-order chi connectivity index (χ0) is 15.4. The molecule has 3 N–H and O–H groups in total. The van der Waals surface area contributed by atoms with Crippen LogP contribution in [0, 0.1) is 0 Å². The van der Waals surface area contributed by atoms with Crippen LogP contribution in [0.25, 0.3) is 0 Å². The van der Waals surface area contributed by atoms with Gasteiger partial charge in [-0.25, -0.2) is 4.98 Å². The molecule has 0 atom stereocenters. The van der Waals surface area contributed by atoms with Gasteiger partial charge in [0.15, 0.2) is 5.11 Å². The van der Waals surface area contributed by atoms with Crippen LogP contribution in [-0.4, -0.2) is 22.0 Å². The number of thiocarbonyl (C=S) groups is 1. The van der Waals surface area contributed by atoms with Crippen molar-refractivity contribution in [3.8, 4) is 0 Å². The molecule has 0 bridgehead atoms. The Hall–Kier alpha value is -1.99. The molecule has 0 spiro atoms. The van der Waals surface area contributed by atoms with Crippen LogP contribution in [-0.2, 0) is 6.42 Å². The number of thiazole rings is 1. The fourth-order valence-electron chi connectivity index (χ4n) is 1.89. The van der Waals surface area contributed by atoms with Crippen LogP contribution >= 0.6 is 23.6 Å². The smallest absolute Gasteiger partial charge is 0.289 e. The maximum Gasteiger partial charge on any atom is 0.289 e. The number of carbonyl (C=O) groups excluding carboxylic acids is 1. The van der Waals surface area contributed by atoms with E-state index in [1.807, 2.05) is 30.3 Å². The molecule has 114 valence electrons. The fraction of sp³-hybridized carbons (Fsp3) is 0.267. The summed E-state index contributed by atoms with van der Waals surface area (Å²) in [6.45, 7) is 0. The SMILES string of the molecule is O=C(NNC(=S)NC1CC1)c1csc(Cc2ccccc2)n1. The first kappa shape index (κ1) is 14.9. The lowest BCUT2D eigenvalue weighted by Gasteiger charge is -2.09. The number of hydrazine groups is 1. The van der Waals surface area contributed by atoms with E-state index in [1.54, 1.807) is 5.38 Å². The lowest BCUT2D eigenvalue weighted by molar-refractivity contribution is 0.0939. The van der Waals surface area contributed by atoms with E-state index in [1.165, 1.54) is 16.9 Å². The van der Waals surface area contributed by atoms with Gasteiger partial charge in [0, 0.05) is 17.8 Å². The molecule has 0 saturated heterocycles. The molecule has 1 aromatic carbocycles. The van der Waals surface area contributed by atoms with Gasteiger partial charge in [0.2, 0.25) is 0 Å². The third kappa shape index (κ3) is 4.25. The number of benzene rings is 1. The summed E-state index contributed by atoms with van der Waals surface area (Å²) in [6.07, 6.45) is 2.99. The Labute approximate surface area is 138 Å². The second-order valence-electron chi connectivity index (χ2n) is 5.12. The summed E-state index contributed by atoms with van der Waals surface area (Å²) in [6, 6.07) is 10.5. The van der Waals surface area contributed by atoms with E-state index < -0.39 is 0 Å². The van der Waals surface area contributed by atoms with E-state index in [9.17, 15) is 4.79 Å². The molecule has 0 aliphatic heterocycles. The highest BCUT2D eigenvalue weighted by Crippen LogP contribution is 2.18. The maximum atomic E-state index is 12.0. The number of rotatable bonds is 4. The first-order valence-electron chi connectivity index (χ1n) is 7.06. The number of aromatic nitrogens is 1. The molecular formula is C15H16N4OS2. The third-order valence-electron chi connectivity index (χ3n) is 3.18. The molecule has 2 aromatic rings. The quantitative estimate of drug-likeness (QED) is 0.590. The van der Waals surface area contributed by atoms with Gasteiger partial charge in [-0.2, -0.15) is 0 Å². The standard InChI is InChI=1S/C15H16N4OS2/c20-14(18-19-15(21)16-11-6-7-11)12-9-22-13(17-12)8-10-4-2-1-3-5-10/h1-5,9,11H,6-8H2,(H,18,20)(H2,16,19,21). The van der Waals surface area contributed by atoms with Crippen molar-refractivity contribution in [2.45, 2.75) is 25.3 Å². The average Bonchev–Trinajstić information content (AvgIpc) is 3.21. The first-order chi connectivity index (χ1) is 10.7.